The average Bonchev–Trinajstić information content (AvgIpc) is 3.48. The van der Waals surface area contributed by atoms with Crippen molar-refractivity contribution in [3.63, 3.8) is 0 Å². The van der Waals surface area contributed by atoms with Crippen LogP contribution >= 0.6 is 0 Å². The number of methoxy groups -OCH3 is 1. The lowest BCUT2D eigenvalue weighted by molar-refractivity contribution is 0.130. The Balaban J connectivity index is 1.46. The minimum atomic E-state index is 0.254. The summed E-state index contributed by atoms with van der Waals surface area (Å²) in [5.74, 6) is 2.31. The Hall–Kier alpha value is -4.19. The van der Waals surface area contributed by atoms with Crippen LogP contribution in [0.1, 0.15) is 23.7 Å². The van der Waals surface area contributed by atoms with Gasteiger partial charge in [0, 0.05) is 22.5 Å². The number of hydrogen-bond acceptors (Lipinski definition) is 5. The van der Waals surface area contributed by atoms with Crippen molar-refractivity contribution in [1.29, 1.82) is 0 Å². The highest BCUT2D eigenvalue weighted by Crippen LogP contribution is 2.33. The van der Waals surface area contributed by atoms with Crippen LogP contribution in [0.2, 0.25) is 0 Å². The van der Waals surface area contributed by atoms with Crippen molar-refractivity contribution in [2.45, 2.75) is 20.5 Å². The van der Waals surface area contributed by atoms with E-state index in [1.807, 2.05) is 61.5 Å². The van der Waals surface area contributed by atoms with Crippen LogP contribution in [0.5, 0.6) is 17.2 Å². The van der Waals surface area contributed by atoms with Crippen molar-refractivity contribution in [2.75, 3.05) is 13.9 Å². The van der Waals surface area contributed by atoms with E-state index in [1.165, 1.54) is 0 Å². The Morgan fingerprint density at radius 3 is 2.59 bits per heavy atom. The molecule has 1 aliphatic heterocycles. The molecule has 5 rings (SSSR count). The number of oxime groups is 1. The van der Waals surface area contributed by atoms with Crippen molar-refractivity contribution in [1.82, 2.24) is 4.57 Å². The van der Waals surface area contributed by atoms with Crippen LogP contribution in [0.25, 0.3) is 16.9 Å². The van der Waals surface area contributed by atoms with Gasteiger partial charge in [0.15, 0.2) is 11.5 Å². The lowest BCUT2D eigenvalue weighted by Gasteiger charge is -2.13. The highest BCUT2D eigenvalue weighted by Gasteiger charge is 2.18. The Kier molecular flexibility index (Phi) is 5.95. The van der Waals surface area contributed by atoms with Crippen molar-refractivity contribution in [3.05, 3.63) is 95.7 Å². The van der Waals surface area contributed by atoms with Crippen LogP contribution in [-0.2, 0) is 11.4 Å². The molecule has 1 aliphatic rings. The van der Waals surface area contributed by atoms with Crippen LogP contribution in [-0.4, -0.2) is 24.2 Å². The highest BCUT2D eigenvalue weighted by molar-refractivity contribution is 6.01. The van der Waals surface area contributed by atoms with Gasteiger partial charge < -0.3 is 23.6 Å². The summed E-state index contributed by atoms with van der Waals surface area (Å²) >= 11 is 0. The zero-order valence-electron chi connectivity index (χ0n) is 19.4. The SMILES string of the molecule is COc1cccc(-c2cc(C(C)=NOCc3ccc4c(c3)OCO4)c(C)n2-c2ccccc2)c1. The molecule has 0 saturated heterocycles. The molecule has 6 nitrogen and oxygen atoms in total. The third kappa shape index (κ3) is 4.22. The topological polar surface area (TPSA) is 54.2 Å². The van der Waals surface area contributed by atoms with Crippen LogP contribution in [0, 0.1) is 6.92 Å². The zero-order valence-corrected chi connectivity index (χ0v) is 19.4. The molecule has 6 heteroatoms. The summed E-state index contributed by atoms with van der Waals surface area (Å²) in [5.41, 5.74) is 7.07. The molecule has 0 amide bonds. The quantitative estimate of drug-likeness (QED) is 0.249. The van der Waals surface area contributed by atoms with Crippen LogP contribution in [0.15, 0.2) is 84.0 Å². The fourth-order valence-corrected chi connectivity index (χ4v) is 4.16. The van der Waals surface area contributed by atoms with Crippen molar-refractivity contribution >= 4 is 5.71 Å². The zero-order chi connectivity index (χ0) is 23.5. The molecule has 4 aromatic rings. The van der Waals surface area contributed by atoms with Gasteiger partial charge in [-0.1, -0.05) is 41.6 Å². The number of benzene rings is 3. The van der Waals surface area contributed by atoms with E-state index >= 15 is 0 Å². The lowest BCUT2D eigenvalue weighted by atomic mass is 10.1. The molecule has 0 N–H and O–H groups in total. The summed E-state index contributed by atoms with van der Waals surface area (Å²) in [6, 6.07) is 26.3. The molecule has 3 aromatic carbocycles. The maximum absolute atomic E-state index is 5.71. The molecule has 0 bridgehead atoms. The van der Waals surface area contributed by atoms with E-state index in [4.69, 9.17) is 19.0 Å². The Labute approximate surface area is 199 Å². The van der Waals surface area contributed by atoms with Gasteiger partial charge in [0.05, 0.1) is 18.5 Å². The van der Waals surface area contributed by atoms with Crippen LogP contribution < -0.4 is 14.2 Å². The van der Waals surface area contributed by atoms with Crippen LogP contribution in [0.3, 0.4) is 0 Å². The maximum atomic E-state index is 5.71. The Morgan fingerprint density at radius 1 is 0.941 bits per heavy atom. The Bertz CT molecular complexity index is 1340. The number of ether oxygens (including phenoxy) is 3. The number of aromatic nitrogens is 1. The predicted molar refractivity (Wildman–Crippen MR) is 132 cm³/mol. The van der Waals surface area contributed by atoms with Gasteiger partial charge in [-0.05, 0) is 61.9 Å². The van der Waals surface area contributed by atoms with Gasteiger partial charge in [-0.25, -0.2) is 0 Å². The first kappa shape index (κ1) is 21.6. The summed E-state index contributed by atoms with van der Waals surface area (Å²) in [4.78, 5) is 5.71. The van der Waals surface area contributed by atoms with E-state index in [0.717, 1.165) is 56.7 Å². The second kappa shape index (κ2) is 9.35. The molecule has 0 unspecified atom stereocenters. The number of para-hydroxylation sites is 1. The fraction of sp³-hybridized carbons (Fsp3) is 0.179. The third-order valence-electron chi connectivity index (χ3n) is 5.89. The summed E-state index contributed by atoms with van der Waals surface area (Å²) in [6.45, 7) is 4.66. The summed E-state index contributed by atoms with van der Waals surface area (Å²) < 4.78 is 18.5. The van der Waals surface area contributed by atoms with Gasteiger partial charge >= 0.3 is 0 Å². The van der Waals surface area contributed by atoms with Gasteiger partial charge in [0.1, 0.15) is 12.4 Å². The highest BCUT2D eigenvalue weighted by atomic mass is 16.7. The number of rotatable bonds is 7. The smallest absolute Gasteiger partial charge is 0.231 e. The molecule has 172 valence electrons. The summed E-state index contributed by atoms with van der Waals surface area (Å²) in [7, 11) is 1.68. The molecule has 0 radical (unpaired) electrons. The first-order valence-electron chi connectivity index (χ1n) is 11.1. The molecule has 0 aliphatic carbocycles. The third-order valence-corrected chi connectivity index (χ3v) is 5.89. The standard InChI is InChI=1S/C28H26N2O4/c1-19(29-34-17-21-12-13-27-28(14-21)33-18-32-27)25-16-26(22-8-7-11-24(15-22)31-3)30(20(25)2)23-9-5-4-6-10-23/h4-16H,17-18H2,1-3H3. The van der Waals surface area contributed by atoms with Crippen molar-refractivity contribution < 1.29 is 19.0 Å². The molecule has 0 saturated carbocycles. The van der Waals surface area contributed by atoms with Gasteiger partial charge in [-0.15, -0.1) is 0 Å². The maximum Gasteiger partial charge on any atom is 0.231 e. The first-order chi connectivity index (χ1) is 16.6. The second-order valence-corrected chi connectivity index (χ2v) is 8.07. The van der Waals surface area contributed by atoms with Gasteiger partial charge in [-0.2, -0.15) is 0 Å². The van der Waals surface area contributed by atoms with Gasteiger partial charge in [0.2, 0.25) is 6.79 Å². The summed E-state index contributed by atoms with van der Waals surface area (Å²) in [6.07, 6.45) is 0. The van der Waals surface area contributed by atoms with E-state index < -0.39 is 0 Å². The minimum Gasteiger partial charge on any atom is -0.497 e. The lowest BCUT2D eigenvalue weighted by Crippen LogP contribution is -2.02. The summed E-state index contributed by atoms with van der Waals surface area (Å²) in [5, 5.41) is 4.43. The first-order valence-corrected chi connectivity index (χ1v) is 11.1. The minimum absolute atomic E-state index is 0.254. The monoisotopic (exact) mass is 454 g/mol. The predicted octanol–water partition coefficient (Wildman–Crippen LogP) is 6.13. The molecule has 1 aromatic heterocycles. The van der Waals surface area contributed by atoms with E-state index in [9.17, 15) is 0 Å². The van der Waals surface area contributed by atoms with Gasteiger partial charge in [-0.3, -0.25) is 0 Å². The van der Waals surface area contributed by atoms with Crippen molar-refractivity contribution in [3.8, 4) is 34.2 Å². The molecule has 34 heavy (non-hydrogen) atoms. The largest absolute Gasteiger partial charge is 0.497 e. The molecule has 0 fully saturated rings. The number of fused-ring (bicyclic) bond motifs is 1. The molecule has 2 heterocycles. The average molecular weight is 455 g/mol. The normalized spacial score (nSPS) is 12.6. The van der Waals surface area contributed by atoms with Crippen molar-refractivity contribution in [2.24, 2.45) is 5.16 Å². The molecular weight excluding hydrogens is 428 g/mol. The number of hydrogen-bond donors (Lipinski definition) is 0. The number of nitrogens with zero attached hydrogens (tertiary/aromatic N) is 2. The molecular formula is C28H26N2O4. The fourth-order valence-electron chi connectivity index (χ4n) is 4.16. The van der Waals surface area contributed by atoms with E-state index in [1.54, 1.807) is 7.11 Å². The van der Waals surface area contributed by atoms with E-state index in [2.05, 4.69) is 40.9 Å². The van der Waals surface area contributed by atoms with E-state index in [0.29, 0.717) is 6.61 Å². The molecule has 0 atom stereocenters. The van der Waals surface area contributed by atoms with Crippen LogP contribution in [0.4, 0.5) is 0 Å². The Morgan fingerprint density at radius 2 is 1.76 bits per heavy atom. The molecule has 0 spiro atoms. The second-order valence-electron chi connectivity index (χ2n) is 8.07. The van der Waals surface area contributed by atoms with E-state index in [-0.39, 0.29) is 6.79 Å². The van der Waals surface area contributed by atoms with Gasteiger partial charge in [0.25, 0.3) is 0 Å².